The molecule has 1 saturated heterocycles. The third kappa shape index (κ3) is 3.09. The number of aromatic nitrogens is 1. The Morgan fingerprint density at radius 1 is 1.33 bits per heavy atom. The van der Waals surface area contributed by atoms with Crippen LogP contribution < -0.4 is 9.62 Å². The molecule has 116 valence electrons. The minimum atomic E-state index is -3.42. The van der Waals surface area contributed by atoms with Crippen molar-refractivity contribution in [1.29, 1.82) is 0 Å². The number of morpholine rings is 1. The van der Waals surface area contributed by atoms with E-state index in [9.17, 15) is 8.42 Å². The van der Waals surface area contributed by atoms with Crippen molar-refractivity contribution in [2.24, 2.45) is 0 Å². The molecule has 1 aromatic heterocycles. The SMILES string of the molecule is CC1(S(=O)(=O)Nc2cc(Cl)cc(N3CCOCC3)n2)CC1. The summed E-state index contributed by atoms with van der Waals surface area (Å²) in [4.78, 5) is 6.41. The number of hydrogen-bond acceptors (Lipinski definition) is 5. The predicted molar refractivity (Wildman–Crippen MR) is 82.5 cm³/mol. The van der Waals surface area contributed by atoms with Crippen LogP contribution >= 0.6 is 11.6 Å². The van der Waals surface area contributed by atoms with E-state index in [0.29, 0.717) is 36.9 Å². The van der Waals surface area contributed by atoms with E-state index in [0.717, 1.165) is 13.1 Å². The van der Waals surface area contributed by atoms with Crippen molar-refractivity contribution >= 4 is 33.3 Å². The van der Waals surface area contributed by atoms with Crippen LogP contribution in [-0.2, 0) is 14.8 Å². The van der Waals surface area contributed by atoms with Gasteiger partial charge in [0.25, 0.3) is 0 Å². The quantitative estimate of drug-likeness (QED) is 0.912. The Balaban J connectivity index is 1.84. The van der Waals surface area contributed by atoms with E-state index in [4.69, 9.17) is 16.3 Å². The van der Waals surface area contributed by atoms with Gasteiger partial charge < -0.3 is 9.64 Å². The van der Waals surface area contributed by atoms with Gasteiger partial charge in [0, 0.05) is 24.2 Å². The van der Waals surface area contributed by atoms with Gasteiger partial charge in [0.05, 0.1) is 18.0 Å². The molecule has 0 unspecified atom stereocenters. The van der Waals surface area contributed by atoms with Crippen LogP contribution in [0.2, 0.25) is 5.02 Å². The average molecular weight is 332 g/mol. The van der Waals surface area contributed by atoms with Gasteiger partial charge in [-0.05, 0) is 25.8 Å². The summed E-state index contributed by atoms with van der Waals surface area (Å²) in [7, 11) is -3.42. The van der Waals surface area contributed by atoms with Gasteiger partial charge >= 0.3 is 0 Å². The fraction of sp³-hybridized carbons (Fsp3) is 0.615. The standard InChI is InChI=1S/C13H18ClN3O3S/c1-13(2-3-13)21(18,19)16-11-8-10(14)9-12(15-11)17-4-6-20-7-5-17/h8-9H,2-7H2,1H3,(H,15,16). The van der Waals surface area contributed by atoms with Crippen molar-refractivity contribution in [2.45, 2.75) is 24.5 Å². The van der Waals surface area contributed by atoms with Gasteiger partial charge in [0.1, 0.15) is 11.6 Å². The van der Waals surface area contributed by atoms with E-state index in [1.54, 1.807) is 13.0 Å². The minimum Gasteiger partial charge on any atom is -0.378 e. The average Bonchev–Trinajstić information content (AvgIpc) is 3.18. The van der Waals surface area contributed by atoms with Gasteiger partial charge in [0.2, 0.25) is 10.0 Å². The molecule has 2 fully saturated rings. The first-order valence-electron chi connectivity index (χ1n) is 6.92. The first-order chi connectivity index (χ1) is 9.90. The number of nitrogens with zero attached hydrogens (tertiary/aromatic N) is 2. The number of pyridine rings is 1. The highest BCUT2D eigenvalue weighted by atomic mass is 35.5. The molecule has 8 heteroatoms. The van der Waals surface area contributed by atoms with Crippen LogP contribution in [-0.4, -0.2) is 44.5 Å². The topological polar surface area (TPSA) is 71.5 Å². The first kappa shape index (κ1) is 14.9. The van der Waals surface area contributed by atoms with E-state index in [2.05, 4.69) is 9.71 Å². The molecule has 0 atom stereocenters. The third-order valence-corrected chi connectivity index (χ3v) is 6.36. The largest absolute Gasteiger partial charge is 0.378 e. The van der Waals surface area contributed by atoms with Crippen LogP contribution in [0.15, 0.2) is 12.1 Å². The Hall–Kier alpha value is -1.05. The summed E-state index contributed by atoms with van der Waals surface area (Å²) in [6.07, 6.45) is 1.36. The molecule has 6 nitrogen and oxygen atoms in total. The smallest absolute Gasteiger partial charge is 0.239 e. The van der Waals surface area contributed by atoms with Crippen LogP contribution in [0.1, 0.15) is 19.8 Å². The predicted octanol–water partition coefficient (Wildman–Crippen LogP) is 1.87. The molecule has 2 heterocycles. The number of nitrogens with one attached hydrogen (secondary N) is 1. The van der Waals surface area contributed by atoms with Gasteiger partial charge in [-0.3, -0.25) is 4.72 Å². The second-order valence-electron chi connectivity index (χ2n) is 5.68. The van der Waals surface area contributed by atoms with Gasteiger partial charge in [-0.25, -0.2) is 13.4 Å². The van der Waals surface area contributed by atoms with E-state index in [1.165, 1.54) is 6.07 Å². The highest BCUT2D eigenvalue weighted by molar-refractivity contribution is 7.94. The van der Waals surface area contributed by atoms with E-state index >= 15 is 0 Å². The summed E-state index contributed by atoms with van der Waals surface area (Å²) in [5.41, 5.74) is 0. The molecule has 2 aliphatic rings. The minimum absolute atomic E-state index is 0.275. The highest BCUT2D eigenvalue weighted by Gasteiger charge is 2.50. The Morgan fingerprint density at radius 2 is 2.00 bits per heavy atom. The molecule has 1 aromatic rings. The molecule has 1 aliphatic heterocycles. The van der Waals surface area contributed by atoms with Crippen LogP contribution in [0.25, 0.3) is 0 Å². The van der Waals surface area contributed by atoms with Crippen molar-refractivity contribution in [3.63, 3.8) is 0 Å². The maximum atomic E-state index is 12.3. The summed E-state index contributed by atoms with van der Waals surface area (Å²) in [6.45, 7) is 4.44. The van der Waals surface area contributed by atoms with Gasteiger partial charge in [-0.2, -0.15) is 0 Å². The van der Waals surface area contributed by atoms with E-state index in [-0.39, 0.29) is 5.82 Å². The Labute approximate surface area is 129 Å². The summed E-state index contributed by atoms with van der Waals surface area (Å²) < 4.78 is 31.7. The Bertz CT molecular complexity index is 640. The van der Waals surface area contributed by atoms with Crippen molar-refractivity contribution in [3.8, 4) is 0 Å². The van der Waals surface area contributed by atoms with Crippen LogP contribution in [0.4, 0.5) is 11.6 Å². The fourth-order valence-corrected chi connectivity index (χ4v) is 3.66. The normalized spacial score (nSPS) is 21.1. The molecule has 1 aliphatic carbocycles. The number of hydrogen-bond donors (Lipinski definition) is 1. The van der Waals surface area contributed by atoms with Crippen molar-refractivity contribution in [1.82, 2.24) is 4.98 Å². The zero-order chi connectivity index (χ0) is 15.1. The lowest BCUT2D eigenvalue weighted by Gasteiger charge is -2.28. The maximum absolute atomic E-state index is 12.3. The zero-order valence-electron chi connectivity index (χ0n) is 11.8. The van der Waals surface area contributed by atoms with Crippen LogP contribution in [0, 0.1) is 0 Å². The summed E-state index contributed by atoms with van der Waals surface area (Å²) in [5.74, 6) is 0.946. The van der Waals surface area contributed by atoms with Gasteiger partial charge in [-0.15, -0.1) is 0 Å². The van der Waals surface area contributed by atoms with Gasteiger partial charge in [-0.1, -0.05) is 11.6 Å². The van der Waals surface area contributed by atoms with Crippen molar-refractivity contribution in [3.05, 3.63) is 17.2 Å². The van der Waals surface area contributed by atoms with E-state index in [1.807, 2.05) is 4.90 Å². The van der Waals surface area contributed by atoms with Gasteiger partial charge in [0.15, 0.2) is 0 Å². The summed E-state index contributed by atoms with van der Waals surface area (Å²) in [6, 6.07) is 3.28. The lowest BCUT2D eigenvalue weighted by molar-refractivity contribution is 0.122. The number of sulfonamides is 1. The van der Waals surface area contributed by atoms with E-state index < -0.39 is 14.8 Å². The van der Waals surface area contributed by atoms with Crippen LogP contribution in [0.5, 0.6) is 0 Å². The first-order valence-corrected chi connectivity index (χ1v) is 8.78. The third-order valence-electron chi connectivity index (χ3n) is 3.95. The second-order valence-corrected chi connectivity index (χ2v) is 8.32. The summed E-state index contributed by atoms with van der Waals surface area (Å²) in [5, 5.41) is 0.463. The monoisotopic (exact) mass is 331 g/mol. The Morgan fingerprint density at radius 3 is 2.62 bits per heavy atom. The zero-order valence-corrected chi connectivity index (χ0v) is 13.4. The molecule has 1 N–H and O–H groups in total. The molecule has 0 bridgehead atoms. The van der Waals surface area contributed by atoms with Crippen molar-refractivity contribution in [2.75, 3.05) is 35.9 Å². The number of rotatable bonds is 4. The lowest BCUT2D eigenvalue weighted by Crippen LogP contribution is -2.37. The molecular weight excluding hydrogens is 314 g/mol. The number of anilines is 2. The number of halogens is 1. The fourth-order valence-electron chi connectivity index (χ4n) is 2.20. The molecule has 21 heavy (non-hydrogen) atoms. The molecule has 1 saturated carbocycles. The molecule has 0 amide bonds. The molecule has 0 spiro atoms. The van der Waals surface area contributed by atoms with Crippen LogP contribution in [0.3, 0.4) is 0 Å². The molecule has 0 radical (unpaired) electrons. The number of ether oxygens (including phenoxy) is 1. The Kier molecular flexibility index (Phi) is 3.75. The maximum Gasteiger partial charge on any atom is 0.239 e. The van der Waals surface area contributed by atoms with Crippen molar-refractivity contribution < 1.29 is 13.2 Å². The highest BCUT2D eigenvalue weighted by Crippen LogP contribution is 2.43. The summed E-state index contributed by atoms with van der Waals surface area (Å²) >= 11 is 6.10. The lowest BCUT2D eigenvalue weighted by atomic mass is 10.3. The molecule has 3 rings (SSSR count). The molecular formula is C13H18ClN3O3S. The second kappa shape index (κ2) is 5.30. The molecule has 0 aromatic carbocycles.